The molecule has 2 N–H and O–H groups in total. The standard InChI is InChI=1S/C11H7F3N4O3/c12-11(13,14)6-3-1-2-4-7(6)16-10(19)9-8(18(20)21)5-15-17-9/h1-5H,(H,15,17)(H,16,19). The summed E-state index contributed by atoms with van der Waals surface area (Å²) in [5.74, 6) is -1.09. The number of benzene rings is 1. The SMILES string of the molecule is O=C(Nc1ccccc1C(F)(F)F)c1[nH]ncc1[N+](=O)[O-]. The van der Waals surface area contributed by atoms with Crippen LogP contribution in [0, 0.1) is 10.1 Å². The minimum absolute atomic E-state index is 0.501. The summed E-state index contributed by atoms with van der Waals surface area (Å²) >= 11 is 0. The summed E-state index contributed by atoms with van der Waals surface area (Å²) in [4.78, 5) is 21.6. The number of carbonyl (C=O) groups is 1. The van der Waals surface area contributed by atoms with E-state index in [9.17, 15) is 28.1 Å². The highest BCUT2D eigenvalue weighted by molar-refractivity contribution is 6.05. The largest absolute Gasteiger partial charge is 0.418 e. The molecule has 0 saturated carbocycles. The molecule has 2 aromatic rings. The van der Waals surface area contributed by atoms with Crippen LogP contribution in [0.3, 0.4) is 0 Å². The maximum absolute atomic E-state index is 12.8. The van der Waals surface area contributed by atoms with Crippen LogP contribution in [-0.2, 0) is 6.18 Å². The fourth-order valence-corrected chi connectivity index (χ4v) is 1.61. The molecule has 1 aromatic heterocycles. The number of amides is 1. The van der Waals surface area contributed by atoms with Crippen LogP contribution >= 0.6 is 0 Å². The molecule has 0 atom stereocenters. The van der Waals surface area contributed by atoms with Gasteiger partial charge >= 0.3 is 11.9 Å². The normalized spacial score (nSPS) is 11.2. The lowest BCUT2D eigenvalue weighted by Crippen LogP contribution is -2.17. The zero-order chi connectivity index (χ0) is 15.6. The molecule has 10 heteroatoms. The summed E-state index contributed by atoms with van der Waals surface area (Å²) in [6.45, 7) is 0. The van der Waals surface area contributed by atoms with E-state index in [2.05, 4.69) is 10.2 Å². The fourth-order valence-electron chi connectivity index (χ4n) is 1.61. The van der Waals surface area contributed by atoms with E-state index >= 15 is 0 Å². The van der Waals surface area contributed by atoms with Gasteiger partial charge in [-0.25, -0.2) is 0 Å². The topological polar surface area (TPSA) is 101 Å². The van der Waals surface area contributed by atoms with Crippen molar-refractivity contribution in [1.29, 1.82) is 0 Å². The number of hydrogen-bond donors (Lipinski definition) is 2. The van der Waals surface area contributed by atoms with Crippen LogP contribution < -0.4 is 5.32 Å². The molecular formula is C11H7F3N4O3. The van der Waals surface area contributed by atoms with Gasteiger partial charge in [0, 0.05) is 0 Å². The third-order valence-electron chi connectivity index (χ3n) is 2.52. The van der Waals surface area contributed by atoms with Crippen LogP contribution in [0.5, 0.6) is 0 Å². The number of alkyl halides is 3. The van der Waals surface area contributed by atoms with E-state index in [4.69, 9.17) is 0 Å². The lowest BCUT2D eigenvalue weighted by Gasteiger charge is -2.12. The Hall–Kier alpha value is -2.91. The molecular weight excluding hydrogens is 293 g/mol. The van der Waals surface area contributed by atoms with Crippen LogP contribution in [0.2, 0.25) is 0 Å². The van der Waals surface area contributed by atoms with E-state index in [1.54, 1.807) is 0 Å². The minimum Gasteiger partial charge on any atom is -0.320 e. The van der Waals surface area contributed by atoms with Gasteiger partial charge in [-0.2, -0.15) is 18.3 Å². The number of anilines is 1. The van der Waals surface area contributed by atoms with E-state index in [-0.39, 0.29) is 0 Å². The highest BCUT2D eigenvalue weighted by Crippen LogP contribution is 2.34. The second-order valence-electron chi connectivity index (χ2n) is 3.88. The number of aromatic nitrogens is 2. The van der Waals surface area contributed by atoms with Crippen LogP contribution in [0.1, 0.15) is 16.1 Å². The molecule has 0 saturated heterocycles. The summed E-state index contributed by atoms with van der Waals surface area (Å²) in [5, 5.41) is 18.0. The maximum atomic E-state index is 12.8. The van der Waals surface area contributed by atoms with Gasteiger partial charge in [0.05, 0.1) is 16.2 Å². The molecule has 1 aromatic carbocycles. The molecule has 21 heavy (non-hydrogen) atoms. The van der Waals surface area contributed by atoms with Crippen molar-refractivity contribution < 1.29 is 22.9 Å². The first-order valence-electron chi connectivity index (χ1n) is 5.46. The number of aromatic amines is 1. The van der Waals surface area contributed by atoms with Gasteiger partial charge in [0.2, 0.25) is 5.69 Å². The average Bonchev–Trinajstić information content (AvgIpc) is 2.87. The summed E-state index contributed by atoms with van der Waals surface area (Å²) in [7, 11) is 0. The van der Waals surface area contributed by atoms with Crippen molar-refractivity contribution in [1.82, 2.24) is 10.2 Å². The first-order valence-corrected chi connectivity index (χ1v) is 5.46. The minimum atomic E-state index is -4.66. The van der Waals surface area contributed by atoms with Crippen LogP contribution in [0.25, 0.3) is 0 Å². The van der Waals surface area contributed by atoms with Gasteiger partial charge in [0.25, 0.3) is 5.91 Å². The van der Waals surface area contributed by atoms with E-state index in [0.29, 0.717) is 0 Å². The van der Waals surface area contributed by atoms with E-state index in [1.807, 2.05) is 5.32 Å². The average molecular weight is 300 g/mol. The maximum Gasteiger partial charge on any atom is 0.418 e. The first kappa shape index (κ1) is 14.5. The van der Waals surface area contributed by atoms with Gasteiger partial charge in [0.15, 0.2) is 0 Å². The number of rotatable bonds is 3. The van der Waals surface area contributed by atoms with Crippen molar-refractivity contribution in [2.24, 2.45) is 0 Å². The molecule has 0 unspecified atom stereocenters. The Balaban J connectivity index is 2.33. The zero-order valence-electron chi connectivity index (χ0n) is 10.1. The first-order chi connectivity index (χ1) is 9.80. The molecule has 1 heterocycles. The third kappa shape index (κ3) is 2.99. The number of carbonyl (C=O) groups excluding carboxylic acids is 1. The number of nitro groups is 1. The molecule has 110 valence electrons. The quantitative estimate of drug-likeness (QED) is 0.672. The van der Waals surface area contributed by atoms with Crippen molar-refractivity contribution in [3.63, 3.8) is 0 Å². The molecule has 0 aliphatic rings. The van der Waals surface area contributed by atoms with Crippen molar-refractivity contribution in [3.05, 3.63) is 51.8 Å². The van der Waals surface area contributed by atoms with Crippen LogP contribution in [0.4, 0.5) is 24.5 Å². The van der Waals surface area contributed by atoms with Crippen molar-refractivity contribution >= 4 is 17.3 Å². The summed E-state index contributed by atoms with van der Waals surface area (Å²) in [5.41, 5.74) is -2.71. The third-order valence-corrected chi connectivity index (χ3v) is 2.52. The molecule has 0 aliphatic carbocycles. The highest BCUT2D eigenvalue weighted by atomic mass is 19.4. The monoisotopic (exact) mass is 300 g/mol. The highest BCUT2D eigenvalue weighted by Gasteiger charge is 2.34. The summed E-state index contributed by atoms with van der Waals surface area (Å²) < 4.78 is 38.3. The Morgan fingerprint density at radius 1 is 1.33 bits per heavy atom. The van der Waals surface area contributed by atoms with Gasteiger partial charge in [-0.3, -0.25) is 20.0 Å². The van der Waals surface area contributed by atoms with Crippen molar-refractivity contribution in [3.8, 4) is 0 Å². The van der Waals surface area contributed by atoms with Gasteiger partial charge in [0.1, 0.15) is 6.20 Å². The van der Waals surface area contributed by atoms with Gasteiger partial charge in [-0.1, -0.05) is 12.1 Å². The molecule has 0 fully saturated rings. The summed E-state index contributed by atoms with van der Waals surface area (Å²) in [6, 6.07) is 4.29. The molecule has 0 spiro atoms. The summed E-state index contributed by atoms with van der Waals surface area (Å²) in [6.07, 6.45) is -3.87. The molecule has 1 amide bonds. The van der Waals surface area contributed by atoms with Gasteiger partial charge in [-0.15, -0.1) is 0 Å². The number of halogens is 3. The van der Waals surface area contributed by atoms with Crippen molar-refractivity contribution in [2.45, 2.75) is 6.18 Å². The van der Waals surface area contributed by atoms with E-state index in [1.165, 1.54) is 6.07 Å². The lowest BCUT2D eigenvalue weighted by molar-refractivity contribution is -0.385. The number of nitrogens with one attached hydrogen (secondary N) is 2. The predicted octanol–water partition coefficient (Wildman–Crippen LogP) is 2.59. The van der Waals surface area contributed by atoms with Crippen LogP contribution in [-0.4, -0.2) is 21.0 Å². The number of H-pyrrole nitrogens is 1. The predicted molar refractivity (Wildman–Crippen MR) is 64.6 cm³/mol. The number of hydrogen-bond acceptors (Lipinski definition) is 4. The Morgan fingerprint density at radius 3 is 2.62 bits per heavy atom. The van der Waals surface area contributed by atoms with Crippen LogP contribution in [0.15, 0.2) is 30.5 Å². The van der Waals surface area contributed by atoms with E-state index < -0.39 is 39.6 Å². The Bertz CT molecular complexity index is 696. The molecule has 2 rings (SSSR count). The van der Waals surface area contributed by atoms with Crippen molar-refractivity contribution in [2.75, 3.05) is 5.32 Å². The Morgan fingerprint density at radius 2 is 2.00 bits per heavy atom. The van der Waals surface area contributed by atoms with E-state index in [0.717, 1.165) is 24.4 Å². The fraction of sp³-hybridized carbons (Fsp3) is 0.0909. The number of nitrogens with zero attached hydrogens (tertiary/aromatic N) is 2. The molecule has 7 nitrogen and oxygen atoms in total. The Kier molecular flexibility index (Phi) is 3.61. The lowest BCUT2D eigenvalue weighted by atomic mass is 10.1. The Labute approximate surface area is 114 Å². The molecule has 0 bridgehead atoms. The number of para-hydroxylation sites is 1. The smallest absolute Gasteiger partial charge is 0.320 e. The molecule has 0 radical (unpaired) electrons. The van der Waals surface area contributed by atoms with Gasteiger partial charge < -0.3 is 5.32 Å². The second kappa shape index (κ2) is 5.23. The van der Waals surface area contributed by atoms with Gasteiger partial charge in [-0.05, 0) is 12.1 Å². The second-order valence-corrected chi connectivity index (χ2v) is 3.88. The zero-order valence-corrected chi connectivity index (χ0v) is 10.1. The molecule has 0 aliphatic heterocycles.